The molecule has 0 unspecified atom stereocenters. The van der Waals surface area contributed by atoms with Crippen LogP contribution in [0.4, 0.5) is 5.82 Å². The molecule has 0 radical (unpaired) electrons. The number of aromatic nitrogens is 2. The summed E-state index contributed by atoms with van der Waals surface area (Å²) in [4.78, 5) is 12.7. The van der Waals surface area contributed by atoms with Gasteiger partial charge in [-0.1, -0.05) is 11.6 Å². The zero-order valence-corrected chi connectivity index (χ0v) is 8.03. The molecule has 0 spiro atoms. The highest BCUT2D eigenvalue weighted by Gasteiger charge is 2.23. The highest BCUT2D eigenvalue weighted by atomic mass is 35.5. The first-order valence-electron chi connectivity index (χ1n) is 4.20. The summed E-state index contributed by atoms with van der Waals surface area (Å²) < 4.78 is 0. The summed E-state index contributed by atoms with van der Waals surface area (Å²) in [5.41, 5.74) is 0.115. The van der Waals surface area contributed by atoms with Gasteiger partial charge >= 0.3 is 5.97 Å². The average molecular weight is 214 g/mol. The topological polar surface area (TPSA) is 66.3 Å². The molecule has 1 aliphatic rings. The lowest BCUT2D eigenvalue weighted by Gasteiger charge is -2.32. The van der Waals surface area contributed by atoms with Gasteiger partial charge in [-0.25, -0.2) is 4.79 Å². The normalized spacial score (nSPS) is 15.1. The first-order valence-corrected chi connectivity index (χ1v) is 4.58. The Kier molecular flexibility index (Phi) is 2.25. The van der Waals surface area contributed by atoms with E-state index in [0.29, 0.717) is 5.82 Å². The van der Waals surface area contributed by atoms with Gasteiger partial charge in [0, 0.05) is 13.1 Å². The predicted molar refractivity (Wildman–Crippen MR) is 50.8 cm³/mol. The van der Waals surface area contributed by atoms with Crippen LogP contribution in [0.1, 0.15) is 16.8 Å². The van der Waals surface area contributed by atoms with Crippen molar-refractivity contribution in [3.8, 4) is 0 Å². The van der Waals surface area contributed by atoms with Gasteiger partial charge in [0.2, 0.25) is 0 Å². The number of rotatable bonds is 2. The molecule has 1 aliphatic heterocycles. The van der Waals surface area contributed by atoms with Gasteiger partial charge in [-0.2, -0.15) is 0 Å². The van der Waals surface area contributed by atoms with Crippen LogP contribution in [0.15, 0.2) is 6.07 Å². The van der Waals surface area contributed by atoms with E-state index in [2.05, 4.69) is 10.2 Å². The number of aromatic carboxylic acids is 1. The van der Waals surface area contributed by atoms with Crippen molar-refractivity contribution >= 4 is 23.4 Å². The Morgan fingerprint density at radius 1 is 1.50 bits per heavy atom. The number of nitrogens with zero attached hydrogens (tertiary/aromatic N) is 3. The third-order valence-corrected chi connectivity index (χ3v) is 2.32. The third-order valence-electron chi connectivity index (χ3n) is 2.13. The molecule has 0 saturated carbocycles. The van der Waals surface area contributed by atoms with Crippen LogP contribution in [0.5, 0.6) is 0 Å². The lowest BCUT2D eigenvalue weighted by atomic mass is 10.2. The molecular weight excluding hydrogens is 206 g/mol. The molecular formula is C8H8ClN3O2. The molecule has 0 bridgehead atoms. The SMILES string of the molecule is O=C(O)c1cc(Cl)nnc1N1CCC1. The van der Waals surface area contributed by atoms with Crippen molar-refractivity contribution in [3.63, 3.8) is 0 Å². The Labute approximate surface area is 85.3 Å². The zero-order chi connectivity index (χ0) is 10.1. The van der Waals surface area contributed by atoms with E-state index >= 15 is 0 Å². The van der Waals surface area contributed by atoms with Gasteiger partial charge in [0.05, 0.1) is 0 Å². The van der Waals surface area contributed by atoms with Crippen molar-refractivity contribution in [2.75, 3.05) is 18.0 Å². The van der Waals surface area contributed by atoms with Gasteiger partial charge in [0.1, 0.15) is 5.56 Å². The van der Waals surface area contributed by atoms with Crippen LogP contribution in [0.2, 0.25) is 5.15 Å². The third kappa shape index (κ3) is 1.50. The molecule has 1 saturated heterocycles. The number of hydrogen-bond donors (Lipinski definition) is 1. The molecule has 1 aromatic heterocycles. The summed E-state index contributed by atoms with van der Waals surface area (Å²) in [7, 11) is 0. The van der Waals surface area contributed by atoms with E-state index in [4.69, 9.17) is 16.7 Å². The molecule has 2 heterocycles. The second kappa shape index (κ2) is 3.42. The number of carboxylic acid groups (broad SMARTS) is 1. The number of anilines is 1. The Morgan fingerprint density at radius 2 is 2.21 bits per heavy atom. The van der Waals surface area contributed by atoms with Crippen LogP contribution in [0.3, 0.4) is 0 Å². The summed E-state index contributed by atoms with van der Waals surface area (Å²) >= 11 is 5.57. The fourth-order valence-corrected chi connectivity index (χ4v) is 1.43. The smallest absolute Gasteiger partial charge is 0.339 e. The lowest BCUT2D eigenvalue weighted by molar-refractivity contribution is 0.0696. The minimum Gasteiger partial charge on any atom is -0.478 e. The molecule has 0 aliphatic carbocycles. The zero-order valence-electron chi connectivity index (χ0n) is 7.27. The van der Waals surface area contributed by atoms with E-state index < -0.39 is 5.97 Å². The second-order valence-electron chi connectivity index (χ2n) is 3.05. The van der Waals surface area contributed by atoms with Crippen LogP contribution in [-0.4, -0.2) is 34.4 Å². The van der Waals surface area contributed by atoms with Gasteiger partial charge < -0.3 is 10.0 Å². The maximum atomic E-state index is 10.9. The number of carbonyl (C=O) groups is 1. The van der Waals surface area contributed by atoms with E-state index in [1.54, 1.807) is 0 Å². The maximum Gasteiger partial charge on any atom is 0.339 e. The van der Waals surface area contributed by atoms with Crippen molar-refractivity contribution in [2.45, 2.75) is 6.42 Å². The van der Waals surface area contributed by atoms with E-state index in [-0.39, 0.29) is 10.7 Å². The van der Waals surface area contributed by atoms with E-state index in [1.165, 1.54) is 6.07 Å². The Morgan fingerprint density at radius 3 is 2.71 bits per heavy atom. The second-order valence-corrected chi connectivity index (χ2v) is 3.44. The number of halogens is 1. The Balaban J connectivity index is 2.41. The predicted octanol–water partition coefficient (Wildman–Crippen LogP) is 1.04. The first kappa shape index (κ1) is 9.21. The lowest BCUT2D eigenvalue weighted by Crippen LogP contribution is -2.38. The largest absolute Gasteiger partial charge is 0.478 e. The van der Waals surface area contributed by atoms with Gasteiger partial charge in [-0.05, 0) is 12.5 Å². The molecule has 0 aromatic carbocycles. The molecule has 5 nitrogen and oxygen atoms in total. The van der Waals surface area contributed by atoms with Crippen molar-refractivity contribution in [1.82, 2.24) is 10.2 Å². The number of hydrogen-bond acceptors (Lipinski definition) is 4. The fraction of sp³-hybridized carbons (Fsp3) is 0.375. The number of carboxylic acids is 1. The maximum absolute atomic E-state index is 10.9. The van der Waals surface area contributed by atoms with Gasteiger partial charge in [0.15, 0.2) is 11.0 Å². The van der Waals surface area contributed by atoms with Crippen molar-refractivity contribution < 1.29 is 9.90 Å². The molecule has 2 rings (SSSR count). The summed E-state index contributed by atoms with van der Waals surface area (Å²) in [6.45, 7) is 1.66. The first-order chi connectivity index (χ1) is 6.68. The van der Waals surface area contributed by atoms with Crippen LogP contribution in [0, 0.1) is 0 Å². The molecule has 74 valence electrons. The van der Waals surface area contributed by atoms with Gasteiger partial charge in [-0.15, -0.1) is 10.2 Å². The summed E-state index contributed by atoms with van der Waals surface area (Å²) in [6, 6.07) is 1.32. The molecule has 0 amide bonds. The summed E-state index contributed by atoms with van der Waals surface area (Å²) in [5.74, 6) is -0.614. The average Bonchev–Trinajstić information content (AvgIpc) is 2.04. The van der Waals surface area contributed by atoms with Gasteiger partial charge in [0.25, 0.3) is 0 Å². The quantitative estimate of drug-likeness (QED) is 0.795. The van der Waals surface area contributed by atoms with Crippen LogP contribution >= 0.6 is 11.6 Å². The van der Waals surface area contributed by atoms with Gasteiger partial charge in [-0.3, -0.25) is 0 Å². The Bertz CT molecular complexity index is 379. The molecule has 14 heavy (non-hydrogen) atoms. The Hall–Kier alpha value is -1.36. The molecule has 6 heteroatoms. The highest BCUT2D eigenvalue weighted by Crippen LogP contribution is 2.23. The summed E-state index contributed by atoms with van der Waals surface area (Å²) in [5, 5.41) is 16.4. The van der Waals surface area contributed by atoms with Crippen LogP contribution in [-0.2, 0) is 0 Å². The van der Waals surface area contributed by atoms with Crippen molar-refractivity contribution in [3.05, 3.63) is 16.8 Å². The molecule has 0 atom stereocenters. The van der Waals surface area contributed by atoms with Crippen LogP contribution in [0.25, 0.3) is 0 Å². The molecule has 1 fully saturated rings. The molecule has 1 N–H and O–H groups in total. The highest BCUT2D eigenvalue weighted by molar-refractivity contribution is 6.29. The van der Waals surface area contributed by atoms with Crippen molar-refractivity contribution in [1.29, 1.82) is 0 Å². The monoisotopic (exact) mass is 213 g/mol. The standard InChI is InChI=1S/C8H8ClN3O2/c9-6-4-5(8(13)14)7(11-10-6)12-2-1-3-12/h4H,1-3H2,(H,13,14). The minimum absolute atomic E-state index is 0.103. The van der Waals surface area contributed by atoms with Crippen LogP contribution < -0.4 is 4.90 Å². The summed E-state index contributed by atoms with van der Waals surface area (Å²) in [6.07, 6.45) is 1.06. The van der Waals surface area contributed by atoms with E-state index in [1.807, 2.05) is 4.90 Å². The van der Waals surface area contributed by atoms with Crippen molar-refractivity contribution in [2.24, 2.45) is 0 Å². The minimum atomic E-state index is -1.02. The van der Waals surface area contributed by atoms with E-state index in [9.17, 15) is 4.79 Å². The fourth-order valence-electron chi connectivity index (χ4n) is 1.28. The van der Waals surface area contributed by atoms with E-state index in [0.717, 1.165) is 19.5 Å². The molecule has 1 aromatic rings.